The molecule has 0 N–H and O–H groups in total. The average Bonchev–Trinajstić information content (AvgIpc) is 3.05. The highest BCUT2D eigenvalue weighted by Crippen LogP contribution is 2.44. The summed E-state index contributed by atoms with van der Waals surface area (Å²) in [5, 5.41) is 0. The van der Waals surface area contributed by atoms with Crippen molar-refractivity contribution in [1.29, 1.82) is 0 Å². The quantitative estimate of drug-likeness (QED) is 0.710. The zero-order chi connectivity index (χ0) is 11.2. The van der Waals surface area contributed by atoms with Crippen LogP contribution in [0, 0.1) is 6.92 Å². The minimum atomic E-state index is 0.517. The van der Waals surface area contributed by atoms with Gasteiger partial charge in [0.1, 0.15) is 0 Å². The largest absolute Gasteiger partial charge is 0.368 e. The van der Waals surface area contributed by atoms with Crippen LogP contribution in [0.25, 0.3) is 0 Å². The van der Waals surface area contributed by atoms with Crippen LogP contribution >= 0.6 is 0 Å². The Morgan fingerprint density at radius 2 is 1.75 bits per heavy atom. The van der Waals surface area contributed by atoms with Crippen molar-refractivity contribution in [2.45, 2.75) is 25.3 Å². The molecular formula is C14H20N2. The van der Waals surface area contributed by atoms with Gasteiger partial charge in [-0.3, -0.25) is 4.90 Å². The molecule has 2 nitrogen and oxygen atoms in total. The van der Waals surface area contributed by atoms with Crippen molar-refractivity contribution in [2.75, 3.05) is 31.6 Å². The Labute approximate surface area is 97.9 Å². The van der Waals surface area contributed by atoms with Gasteiger partial charge in [0.05, 0.1) is 0 Å². The van der Waals surface area contributed by atoms with Crippen LogP contribution in [0.3, 0.4) is 0 Å². The van der Waals surface area contributed by atoms with Gasteiger partial charge in [0.25, 0.3) is 0 Å². The number of anilines is 1. The Bertz CT molecular complexity index is 378. The molecule has 1 aliphatic carbocycles. The highest BCUT2D eigenvalue weighted by molar-refractivity contribution is 5.49. The van der Waals surface area contributed by atoms with Crippen molar-refractivity contribution in [3.63, 3.8) is 0 Å². The van der Waals surface area contributed by atoms with E-state index in [1.807, 2.05) is 0 Å². The van der Waals surface area contributed by atoms with Crippen molar-refractivity contribution < 1.29 is 0 Å². The molecule has 0 radical (unpaired) electrons. The first-order chi connectivity index (χ1) is 7.70. The molecule has 0 amide bonds. The molecule has 0 aromatic heterocycles. The fourth-order valence-electron chi connectivity index (χ4n) is 2.72. The van der Waals surface area contributed by atoms with Crippen LogP contribution in [-0.2, 0) is 0 Å². The third-order valence-electron chi connectivity index (χ3n) is 4.23. The standard InChI is InChI=1S/C14H20N2/c1-12-3-5-13(6-4-12)16-10-9-15(2)14(11-16)7-8-14/h3-6H,7-11H2,1-2H3. The van der Waals surface area contributed by atoms with Crippen molar-refractivity contribution in [2.24, 2.45) is 0 Å². The maximum Gasteiger partial charge on any atom is 0.0383 e. The van der Waals surface area contributed by atoms with Crippen LogP contribution < -0.4 is 4.90 Å². The molecule has 2 fully saturated rings. The summed E-state index contributed by atoms with van der Waals surface area (Å²) in [7, 11) is 2.28. The minimum Gasteiger partial charge on any atom is -0.368 e. The highest BCUT2D eigenvalue weighted by atomic mass is 15.3. The number of nitrogens with zero attached hydrogens (tertiary/aromatic N) is 2. The Hall–Kier alpha value is -1.02. The van der Waals surface area contributed by atoms with Crippen LogP contribution in [-0.4, -0.2) is 37.1 Å². The number of likely N-dealkylation sites (N-methyl/N-ethyl adjacent to an activating group) is 1. The molecule has 0 bridgehead atoms. The van der Waals surface area contributed by atoms with E-state index in [1.165, 1.54) is 43.7 Å². The summed E-state index contributed by atoms with van der Waals surface area (Å²) in [6, 6.07) is 8.95. The first kappa shape index (κ1) is 10.2. The Morgan fingerprint density at radius 1 is 1.06 bits per heavy atom. The number of aryl methyl sites for hydroxylation is 1. The Kier molecular flexibility index (Phi) is 2.21. The van der Waals surface area contributed by atoms with Crippen molar-refractivity contribution in [3.8, 4) is 0 Å². The lowest BCUT2D eigenvalue weighted by Gasteiger charge is -2.41. The molecule has 1 aromatic rings. The van der Waals surface area contributed by atoms with E-state index in [-0.39, 0.29) is 0 Å². The Balaban J connectivity index is 1.79. The lowest BCUT2D eigenvalue weighted by Crippen LogP contribution is -2.53. The van der Waals surface area contributed by atoms with Crippen LogP contribution in [0.1, 0.15) is 18.4 Å². The van der Waals surface area contributed by atoms with Crippen LogP contribution in [0.15, 0.2) is 24.3 Å². The summed E-state index contributed by atoms with van der Waals surface area (Å²) in [4.78, 5) is 5.10. The lowest BCUT2D eigenvalue weighted by atomic mass is 10.1. The van der Waals surface area contributed by atoms with Gasteiger partial charge >= 0.3 is 0 Å². The molecular weight excluding hydrogens is 196 g/mol. The second-order valence-corrected chi connectivity index (χ2v) is 5.40. The normalized spacial score (nSPS) is 23.8. The molecule has 86 valence electrons. The van der Waals surface area contributed by atoms with E-state index < -0.39 is 0 Å². The van der Waals surface area contributed by atoms with E-state index in [1.54, 1.807) is 0 Å². The van der Waals surface area contributed by atoms with Gasteiger partial charge in [-0.1, -0.05) is 17.7 Å². The van der Waals surface area contributed by atoms with Gasteiger partial charge in [-0.15, -0.1) is 0 Å². The molecule has 16 heavy (non-hydrogen) atoms. The van der Waals surface area contributed by atoms with E-state index >= 15 is 0 Å². The maximum atomic E-state index is 2.55. The number of benzene rings is 1. The molecule has 2 aliphatic rings. The second kappa shape index (κ2) is 3.49. The van der Waals surface area contributed by atoms with E-state index in [4.69, 9.17) is 0 Å². The number of piperazine rings is 1. The van der Waals surface area contributed by atoms with Crippen molar-refractivity contribution in [3.05, 3.63) is 29.8 Å². The Morgan fingerprint density at radius 3 is 2.38 bits per heavy atom. The predicted molar refractivity (Wildman–Crippen MR) is 68.0 cm³/mol. The van der Waals surface area contributed by atoms with Crippen molar-refractivity contribution >= 4 is 5.69 Å². The van der Waals surface area contributed by atoms with Gasteiger partial charge in [0, 0.05) is 30.9 Å². The number of hydrogen-bond acceptors (Lipinski definition) is 2. The molecule has 1 heterocycles. The molecule has 1 saturated carbocycles. The molecule has 3 rings (SSSR count). The number of hydrogen-bond donors (Lipinski definition) is 0. The van der Waals surface area contributed by atoms with Gasteiger partial charge in [-0.2, -0.15) is 0 Å². The van der Waals surface area contributed by atoms with Crippen LogP contribution in [0.4, 0.5) is 5.69 Å². The third-order valence-corrected chi connectivity index (χ3v) is 4.23. The summed E-state index contributed by atoms with van der Waals surface area (Å²) in [5.74, 6) is 0. The minimum absolute atomic E-state index is 0.517. The monoisotopic (exact) mass is 216 g/mol. The van der Waals surface area contributed by atoms with Gasteiger partial charge in [-0.05, 0) is 38.9 Å². The second-order valence-electron chi connectivity index (χ2n) is 5.40. The predicted octanol–water partition coefficient (Wildman–Crippen LogP) is 2.28. The van der Waals surface area contributed by atoms with E-state index in [0.717, 1.165) is 0 Å². The van der Waals surface area contributed by atoms with E-state index in [0.29, 0.717) is 5.54 Å². The SMILES string of the molecule is Cc1ccc(N2CCN(C)C3(CC3)C2)cc1. The zero-order valence-corrected chi connectivity index (χ0v) is 10.2. The fraction of sp³-hybridized carbons (Fsp3) is 0.571. The summed E-state index contributed by atoms with van der Waals surface area (Å²) >= 11 is 0. The molecule has 1 aromatic carbocycles. The van der Waals surface area contributed by atoms with Gasteiger partial charge in [-0.25, -0.2) is 0 Å². The highest BCUT2D eigenvalue weighted by Gasteiger charge is 2.49. The van der Waals surface area contributed by atoms with E-state index in [9.17, 15) is 0 Å². The van der Waals surface area contributed by atoms with Gasteiger partial charge in [0.2, 0.25) is 0 Å². The van der Waals surface area contributed by atoms with Crippen LogP contribution in [0.2, 0.25) is 0 Å². The topological polar surface area (TPSA) is 6.48 Å². The van der Waals surface area contributed by atoms with E-state index in [2.05, 4.69) is 48.0 Å². The molecule has 1 spiro atoms. The summed E-state index contributed by atoms with van der Waals surface area (Å²) in [6.45, 7) is 5.73. The lowest BCUT2D eigenvalue weighted by molar-refractivity contribution is 0.199. The van der Waals surface area contributed by atoms with Crippen LogP contribution in [0.5, 0.6) is 0 Å². The molecule has 1 saturated heterocycles. The molecule has 1 aliphatic heterocycles. The maximum absolute atomic E-state index is 2.55. The first-order valence-electron chi connectivity index (χ1n) is 6.23. The summed E-state index contributed by atoms with van der Waals surface area (Å²) < 4.78 is 0. The smallest absolute Gasteiger partial charge is 0.0383 e. The zero-order valence-electron chi connectivity index (χ0n) is 10.2. The average molecular weight is 216 g/mol. The summed E-state index contributed by atoms with van der Waals surface area (Å²) in [6.07, 6.45) is 2.76. The van der Waals surface area contributed by atoms with Gasteiger partial charge < -0.3 is 4.90 Å². The molecule has 0 atom stereocenters. The fourth-order valence-corrected chi connectivity index (χ4v) is 2.72. The summed E-state index contributed by atoms with van der Waals surface area (Å²) in [5.41, 5.74) is 3.26. The van der Waals surface area contributed by atoms with Gasteiger partial charge in [0.15, 0.2) is 0 Å². The first-order valence-corrected chi connectivity index (χ1v) is 6.23. The number of rotatable bonds is 1. The molecule has 0 unspecified atom stereocenters. The third kappa shape index (κ3) is 1.61. The van der Waals surface area contributed by atoms with Crippen molar-refractivity contribution in [1.82, 2.24) is 4.90 Å². The molecule has 2 heteroatoms.